The zero-order chi connectivity index (χ0) is 8.43. The van der Waals surface area contributed by atoms with Gasteiger partial charge in [-0.25, -0.2) is 4.79 Å². The molecule has 0 radical (unpaired) electrons. The number of carbonyl (C=O) groups excluding carboxylic acids is 2. The largest absolute Gasteiger partial charge is 0.329 e. The average molecular weight is 157 g/mol. The minimum absolute atomic E-state index is 0.100. The van der Waals surface area contributed by atoms with Crippen LogP contribution in [0.5, 0.6) is 0 Å². The lowest BCUT2D eigenvalue weighted by atomic mass is 10.3. The molecule has 5 heteroatoms. The van der Waals surface area contributed by atoms with E-state index in [2.05, 4.69) is 5.32 Å². The van der Waals surface area contributed by atoms with Gasteiger partial charge >= 0.3 is 6.03 Å². The van der Waals surface area contributed by atoms with Gasteiger partial charge in [0.15, 0.2) is 0 Å². The van der Waals surface area contributed by atoms with E-state index in [1.807, 2.05) is 0 Å². The molecule has 1 atom stereocenters. The van der Waals surface area contributed by atoms with Gasteiger partial charge in [0, 0.05) is 6.54 Å². The number of rotatable bonds is 2. The first-order valence-electron chi connectivity index (χ1n) is 3.46. The van der Waals surface area contributed by atoms with Crippen LogP contribution in [0.1, 0.15) is 6.92 Å². The molecule has 0 aromatic heterocycles. The summed E-state index contributed by atoms with van der Waals surface area (Å²) in [4.78, 5) is 23.0. The predicted molar refractivity (Wildman–Crippen MR) is 38.8 cm³/mol. The number of nitrogens with two attached hydrogens (primary N) is 1. The lowest BCUT2D eigenvalue weighted by molar-refractivity contribution is -0.126. The van der Waals surface area contributed by atoms with Gasteiger partial charge in [-0.05, 0) is 6.92 Å². The van der Waals surface area contributed by atoms with Crippen LogP contribution in [0, 0.1) is 0 Å². The van der Waals surface area contributed by atoms with Crippen molar-refractivity contribution in [3.8, 4) is 0 Å². The molecule has 0 saturated carbocycles. The molecule has 0 aromatic carbocycles. The normalized spacial score (nSPS) is 20.4. The van der Waals surface area contributed by atoms with E-state index < -0.39 is 0 Å². The van der Waals surface area contributed by atoms with Crippen LogP contribution in [0.2, 0.25) is 0 Å². The summed E-state index contributed by atoms with van der Waals surface area (Å²) in [6.07, 6.45) is 0. The second-order valence-electron chi connectivity index (χ2n) is 2.51. The van der Waals surface area contributed by atoms with Crippen molar-refractivity contribution < 1.29 is 9.59 Å². The number of carbonyl (C=O) groups is 2. The van der Waals surface area contributed by atoms with Crippen molar-refractivity contribution in [2.24, 2.45) is 5.73 Å². The number of hydrogen-bond donors (Lipinski definition) is 2. The maximum Gasteiger partial charge on any atom is 0.324 e. The van der Waals surface area contributed by atoms with Crippen LogP contribution in [0.4, 0.5) is 4.79 Å². The smallest absolute Gasteiger partial charge is 0.324 e. The van der Waals surface area contributed by atoms with Gasteiger partial charge in [-0.2, -0.15) is 0 Å². The predicted octanol–water partition coefficient (Wildman–Crippen LogP) is -1.11. The summed E-state index contributed by atoms with van der Waals surface area (Å²) in [5.74, 6) is -0.201. The van der Waals surface area contributed by atoms with Crippen LogP contribution in [-0.2, 0) is 4.79 Å². The van der Waals surface area contributed by atoms with Crippen molar-refractivity contribution in [1.29, 1.82) is 0 Å². The highest BCUT2D eigenvalue weighted by Crippen LogP contribution is 2.03. The van der Waals surface area contributed by atoms with Gasteiger partial charge < -0.3 is 11.1 Å². The molecule has 0 spiro atoms. The van der Waals surface area contributed by atoms with E-state index in [-0.39, 0.29) is 24.5 Å². The van der Waals surface area contributed by atoms with Gasteiger partial charge in [0.2, 0.25) is 5.91 Å². The summed E-state index contributed by atoms with van der Waals surface area (Å²) in [6.45, 7) is 2.14. The minimum Gasteiger partial charge on any atom is -0.329 e. The maximum absolute atomic E-state index is 11.0. The van der Waals surface area contributed by atoms with Gasteiger partial charge in [-0.1, -0.05) is 0 Å². The molecule has 1 aliphatic rings. The van der Waals surface area contributed by atoms with Crippen molar-refractivity contribution in [2.45, 2.75) is 13.0 Å². The Kier molecular flexibility index (Phi) is 2.09. The van der Waals surface area contributed by atoms with Gasteiger partial charge in [0.1, 0.15) is 0 Å². The number of imide groups is 1. The number of nitrogens with one attached hydrogen (secondary N) is 1. The minimum atomic E-state index is -0.340. The van der Waals surface area contributed by atoms with E-state index in [0.29, 0.717) is 6.54 Å². The Balaban J connectivity index is 2.68. The van der Waals surface area contributed by atoms with Gasteiger partial charge in [0.05, 0.1) is 12.6 Å². The van der Waals surface area contributed by atoms with Gasteiger partial charge in [0.25, 0.3) is 0 Å². The quantitative estimate of drug-likeness (QED) is 0.499. The summed E-state index contributed by atoms with van der Waals surface area (Å²) >= 11 is 0. The summed E-state index contributed by atoms with van der Waals surface area (Å²) in [6, 6.07) is -0.544. The summed E-state index contributed by atoms with van der Waals surface area (Å²) in [5, 5.41) is 2.42. The van der Waals surface area contributed by atoms with Crippen molar-refractivity contribution in [3.05, 3.63) is 0 Å². The zero-order valence-corrected chi connectivity index (χ0v) is 6.33. The molecule has 11 heavy (non-hydrogen) atoms. The molecule has 0 bridgehead atoms. The number of hydrogen-bond acceptors (Lipinski definition) is 3. The topological polar surface area (TPSA) is 75.4 Å². The Morgan fingerprint density at radius 2 is 2.36 bits per heavy atom. The van der Waals surface area contributed by atoms with Crippen LogP contribution in [0.3, 0.4) is 0 Å². The highest BCUT2D eigenvalue weighted by atomic mass is 16.2. The molecule has 62 valence electrons. The van der Waals surface area contributed by atoms with Crippen LogP contribution in [0.15, 0.2) is 0 Å². The number of urea groups is 1. The van der Waals surface area contributed by atoms with E-state index in [0.717, 1.165) is 4.90 Å². The molecule has 3 N–H and O–H groups in total. The Labute approximate surface area is 64.5 Å². The first-order chi connectivity index (χ1) is 5.16. The fourth-order valence-electron chi connectivity index (χ4n) is 0.986. The lowest BCUT2D eigenvalue weighted by Crippen LogP contribution is -2.42. The van der Waals surface area contributed by atoms with E-state index in [1.165, 1.54) is 0 Å². The zero-order valence-electron chi connectivity index (χ0n) is 6.33. The fraction of sp³-hybridized carbons (Fsp3) is 0.667. The van der Waals surface area contributed by atoms with Gasteiger partial charge in [-0.15, -0.1) is 0 Å². The average Bonchev–Trinajstić information content (AvgIpc) is 2.30. The molecule has 0 aliphatic carbocycles. The van der Waals surface area contributed by atoms with Crippen molar-refractivity contribution in [2.75, 3.05) is 13.1 Å². The molecule has 1 saturated heterocycles. The third kappa shape index (κ3) is 1.32. The van der Waals surface area contributed by atoms with E-state index in [4.69, 9.17) is 5.73 Å². The Morgan fingerprint density at radius 1 is 1.73 bits per heavy atom. The number of nitrogens with zero attached hydrogens (tertiary/aromatic N) is 1. The maximum atomic E-state index is 11.0. The molecule has 1 rings (SSSR count). The van der Waals surface area contributed by atoms with Crippen molar-refractivity contribution in [3.63, 3.8) is 0 Å². The van der Waals surface area contributed by atoms with Crippen molar-refractivity contribution >= 4 is 11.9 Å². The molecule has 1 aliphatic heterocycles. The monoisotopic (exact) mass is 157 g/mol. The first kappa shape index (κ1) is 8.00. The summed E-state index contributed by atoms with van der Waals surface area (Å²) < 4.78 is 0. The Hall–Kier alpha value is -1.10. The first-order valence-corrected chi connectivity index (χ1v) is 3.46. The SMILES string of the molecule is CC(CN)N1C(=O)CNC1=O. The molecule has 1 fully saturated rings. The summed E-state index contributed by atoms with van der Waals surface area (Å²) in [5.41, 5.74) is 5.30. The summed E-state index contributed by atoms with van der Waals surface area (Å²) in [7, 11) is 0. The molecule has 1 heterocycles. The second kappa shape index (κ2) is 2.87. The van der Waals surface area contributed by atoms with Gasteiger partial charge in [-0.3, -0.25) is 9.69 Å². The molecule has 3 amide bonds. The molecule has 5 nitrogen and oxygen atoms in total. The van der Waals surface area contributed by atoms with E-state index >= 15 is 0 Å². The fourth-order valence-corrected chi connectivity index (χ4v) is 0.986. The highest BCUT2D eigenvalue weighted by Gasteiger charge is 2.31. The Morgan fingerprint density at radius 3 is 2.73 bits per heavy atom. The molecule has 1 unspecified atom stereocenters. The third-order valence-corrected chi connectivity index (χ3v) is 1.66. The van der Waals surface area contributed by atoms with Crippen LogP contribution in [0.25, 0.3) is 0 Å². The number of amides is 3. The highest BCUT2D eigenvalue weighted by molar-refractivity contribution is 6.02. The Bertz CT molecular complexity index is 176. The molecular weight excluding hydrogens is 146 g/mol. The third-order valence-electron chi connectivity index (χ3n) is 1.66. The standard InChI is InChI=1S/C6H11N3O2/c1-4(2-7)9-5(10)3-8-6(9)11/h4H,2-3,7H2,1H3,(H,8,11). The van der Waals surface area contributed by atoms with Crippen LogP contribution < -0.4 is 11.1 Å². The van der Waals surface area contributed by atoms with Crippen LogP contribution >= 0.6 is 0 Å². The molecular formula is C6H11N3O2. The van der Waals surface area contributed by atoms with E-state index in [1.54, 1.807) is 6.92 Å². The van der Waals surface area contributed by atoms with Crippen molar-refractivity contribution in [1.82, 2.24) is 10.2 Å². The van der Waals surface area contributed by atoms with E-state index in [9.17, 15) is 9.59 Å². The molecule has 0 aromatic rings. The second-order valence-corrected chi connectivity index (χ2v) is 2.51. The lowest BCUT2D eigenvalue weighted by Gasteiger charge is -2.18. The van der Waals surface area contributed by atoms with Crippen LogP contribution in [-0.4, -0.2) is 36.0 Å².